The van der Waals surface area contributed by atoms with Gasteiger partial charge in [0.25, 0.3) is 0 Å². The molecule has 17 heavy (non-hydrogen) atoms. The lowest BCUT2D eigenvalue weighted by Crippen LogP contribution is -2.28. The lowest BCUT2D eigenvalue weighted by Gasteiger charge is -2.07. The number of amidine groups is 1. The Labute approximate surface area is 108 Å². The van der Waals surface area contributed by atoms with Crippen molar-refractivity contribution in [2.75, 3.05) is 18.8 Å². The van der Waals surface area contributed by atoms with Crippen molar-refractivity contribution in [3.05, 3.63) is 0 Å². The highest BCUT2D eigenvalue weighted by Crippen LogP contribution is 2.15. The summed E-state index contributed by atoms with van der Waals surface area (Å²) in [4.78, 5) is 15.8. The van der Waals surface area contributed by atoms with E-state index < -0.39 is 0 Å². The molecule has 1 amide bonds. The minimum Gasteiger partial charge on any atom is -0.361 e. The van der Waals surface area contributed by atoms with E-state index in [1.807, 2.05) is 0 Å². The number of aliphatic imine (C=N–C) groups is 1. The van der Waals surface area contributed by atoms with Gasteiger partial charge in [0.15, 0.2) is 5.17 Å². The Bertz CT molecular complexity index is 279. The average Bonchev–Trinajstić information content (AvgIpc) is 2.74. The zero-order chi connectivity index (χ0) is 12.7. The van der Waals surface area contributed by atoms with Gasteiger partial charge in [-0.3, -0.25) is 9.79 Å². The van der Waals surface area contributed by atoms with Crippen LogP contribution in [-0.4, -0.2) is 36.0 Å². The molecule has 0 saturated carbocycles. The fraction of sp³-hybridized carbons (Fsp3) is 0.833. The number of carbonyl (C=O) groups is 1. The van der Waals surface area contributed by atoms with E-state index in [4.69, 9.17) is 0 Å². The van der Waals surface area contributed by atoms with Gasteiger partial charge in [-0.25, -0.2) is 0 Å². The summed E-state index contributed by atoms with van der Waals surface area (Å²) in [7, 11) is 0. The van der Waals surface area contributed by atoms with Gasteiger partial charge in [-0.2, -0.15) is 0 Å². The molecule has 0 spiro atoms. The first-order valence-corrected chi connectivity index (χ1v) is 7.30. The highest BCUT2D eigenvalue weighted by atomic mass is 32.2. The number of thioether (sulfide) groups is 1. The third kappa shape index (κ3) is 5.96. The average molecular weight is 257 g/mol. The smallest absolute Gasteiger partial charge is 0.221 e. The summed E-state index contributed by atoms with van der Waals surface area (Å²) >= 11 is 1.75. The SMILES string of the molecule is CCC1CSC(=NCCC(=O)NCC(C)C)N1. The summed E-state index contributed by atoms with van der Waals surface area (Å²) in [5, 5.41) is 7.23. The van der Waals surface area contributed by atoms with Gasteiger partial charge in [0.1, 0.15) is 0 Å². The molecule has 1 aliphatic rings. The molecule has 0 bridgehead atoms. The number of amides is 1. The van der Waals surface area contributed by atoms with Crippen molar-refractivity contribution >= 4 is 22.8 Å². The van der Waals surface area contributed by atoms with E-state index in [0.717, 1.165) is 23.9 Å². The first-order valence-electron chi connectivity index (χ1n) is 6.32. The van der Waals surface area contributed by atoms with Crippen molar-refractivity contribution < 1.29 is 4.79 Å². The topological polar surface area (TPSA) is 53.5 Å². The molecule has 0 aromatic heterocycles. The van der Waals surface area contributed by atoms with Gasteiger partial charge in [0, 0.05) is 24.8 Å². The summed E-state index contributed by atoms with van der Waals surface area (Å²) in [6.45, 7) is 7.67. The molecule has 0 aliphatic carbocycles. The van der Waals surface area contributed by atoms with Gasteiger partial charge in [-0.05, 0) is 12.3 Å². The summed E-state index contributed by atoms with van der Waals surface area (Å²) in [5.74, 6) is 1.69. The summed E-state index contributed by atoms with van der Waals surface area (Å²) < 4.78 is 0. The molecule has 1 fully saturated rings. The highest BCUT2D eigenvalue weighted by Gasteiger charge is 2.17. The molecule has 2 N–H and O–H groups in total. The van der Waals surface area contributed by atoms with Crippen LogP contribution in [0.4, 0.5) is 0 Å². The van der Waals surface area contributed by atoms with Gasteiger partial charge in [0.05, 0.1) is 6.54 Å². The lowest BCUT2D eigenvalue weighted by molar-refractivity contribution is -0.121. The second kappa shape index (κ2) is 7.58. The van der Waals surface area contributed by atoms with Crippen LogP contribution in [0.2, 0.25) is 0 Å². The number of carbonyl (C=O) groups excluding carboxylic acids is 1. The van der Waals surface area contributed by atoms with E-state index in [-0.39, 0.29) is 5.91 Å². The number of hydrogen-bond acceptors (Lipinski definition) is 3. The lowest BCUT2D eigenvalue weighted by atomic mass is 10.2. The van der Waals surface area contributed by atoms with E-state index in [0.29, 0.717) is 24.9 Å². The largest absolute Gasteiger partial charge is 0.361 e. The van der Waals surface area contributed by atoms with Crippen LogP contribution in [0.5, 0.6) is 0 Å². The van der Waals surface area contributed by atoms with Gasteiger partial charge in [-0.15, -0.1) is 0 Å². The van der Waals surface area contributed by atoms with E-state index in [9.17, 15) is 4.79 Å². The Morgan fingerprint density at radius 3 is 3.00 bits per heavy atom. The first-order chi connectivity index (χ1) is 8.11. The van der Waals surface area contributed by atoms with Crippen molar-refractivity contribution in [2.45, 2.75) is 39.7 Å². The third-order valence-corrected chi connectivity index (χ3v) is 3.63. The summed E-state index contributed by atoms with van der Waals surface area (Å²) in [6.07, 6.45) is 1.61. The normalized spacial score (nSPS) is 21.9. The minimum atomic E-state index is 0.0955. The van der Waals surface area contributed by atoms with Crippen molar-refractivity contribution in [3.8, 4) is 0 Å². The van der Waals surface area contributed by atoms with E-state index in [1.54, 1.807) is 11.8 Å². The maximum atomic E-state index is 11.4. The fourth-order valence-electron chi connectivity index (χ4n) is 1.41. The molecular weight excluding hydrogens is 234 g/mol. The van der Waals surface area contributed by atoms with Gasteiger partial charge in [0.2, 0.25) is 5.91 Å². The summed E-state index contributed by atoms with van der Waals surface area (Å²) in [5.41, 5.74) is 0. The third-order valence-electron chi connectivity index (χ3n) is 2.54. The number of nitrogens with one attached hydrogen (secondary N) is 2. The Morgan fingerprint density at radius 1 is 1.65 bits per heavy atom. The molecule has 1 atom stereocenters. The maximum Gasteiger partial charge on any atom is 0.221 e. The Hall–Kier alpha value is -0.710. The van der Waals surface area contributed by atoms with Crippen LogP contribution in [-0.2, 0) is 4.79 Å². The van der Waals surface area contributed by atoms with Crippen LogP contribution in [0, 0.1) is 5.92 Å². The number of hydrogen-bond donors (Lipinski definition) is 2. The van der Waals surface area contributed by atoms with Crippen molar-refractivity contribution in [3.63, 3.8) is 0 Å². The Kier molecular flexibility index (Phi) is 6.40. The quantitative estimate of drug-likeness (QED) is 0.760. The molecule has 1 heterocycles. The monoisotopic (exact) mass is 257 g/mol. The van der Waals surface area contributed by atoms with Crippen LogP contribution in [0.15, 0.2) is 4.99 Å². The number of rotatable bonds is 6. The van der Waals surface area contributed by atoms with E-state index >= 15 is 0 Å². The van der Waals surface area contributed by atoms with E-state index in [1.165, 1.54) is 0 Å². The zero-order valence-corrected chi connectivity index (χ0v) is 11.8. The van der Waals surface area contributed by atoms with Gasteiger partial charge < -0.3 is 10.6 Å². The standard InChI is InChI=1S/C12H23N3OS/c1-4-10-8-17-12(15-10)13-6-5-11(16)14-7-9(2)3/h9-10H,4-8H2,1-3H3,(H,13,15)(H,14,16). The predicted octanol–water partition coefficient (Wildman–Crippen LogP) is 1.62. The molecule has 1 saturated heterocycles. The molecule has 0 aromatic rings. The Morgan fingerprint density at radius 2 is 2.41 bits per heavy atom. The highest BCUT2D eigenvalue weighted by molar-refractivity contribution is 8.14. The van der Waals surface area contributed by atoms with Crippen molar-refractivity contribution in [1.29, 1.82) is 0 Å². The fourth-order valence-corrected chi connectivity index (χ4v) is 2.52. The first kappa shape index (κ1) is 14.4. The van der Waals surface area contributed by atoms with Gasteiger partial charge >= 0.3 is 0 Å². The molecule has 1 rings (SSSR count). The molecule has 1 unspecified atom stereocenters. The Balaban J connectivity index is 2.15. The molecule has 5 heteroatoms. The van der Waals surface area contributed by atoms with Crippen molar-refractivity contribution in [2.24, 2.45) is 10.9 Å². The molecule has 98 valence electrons. The molecule has 1 aliphatic heterocycles. The second-order valence-electron chi connectivity index (χ2n) is 4.70. The van der Waals surface area contributed by atoms with Crippen molar-refractivity contribution in [1.82, 2.24) is 10.6 Å². The molecule has 0 aromatic carbocycles. The molecule has 4 nitrogen and oxygen atoms in total. The molecule has 0 radical (unpaired) electrons. The van der Waals surface area contributed by atoms with Crippen LogP contribution < -0.4 is 10.6 Å². The number of nitrogens with zero attached hydrogens (tertiary/aromatic N) is 1. The van der Waals surface area contributed by atoms with Crippen LogP contribution in [0.25, 0.3) is 0 Å². The molecular formula is C12H23N3OS. The van der Waals surface area contributed by atoms with Crippen LogP contribution in [0.1, 0.15) is 33.6 Å². The summed E-state index contributed by atoms with van der Waals surface area (Å²) in [6, 6.07) is 0.550. The van der Waals surface area contributed by atoms with Crippen LogP contribution >= 0.6 is 11.8 Å². The second-order valence-corrected chi connectivity index (χ2v) is 5.70. The predicted molar refractivity (Wildman–Crippen MR) is 74.4 cm³/mol. The maximum absolute atomic E-state index is 11.4. The van der Waals surface area contributed by atoms with Gasteiger partial charge in [-0.1, -0.05) is 32.5 Å². The minimum absolute atomic E-state index is 0.0955. The zero-order valence-electron chi connectivity index (χ0n) is 11.0. The van der Waals surface area contributed by atoms with Crippen LogP contribution in [0.3, 0.4) is 0 Å². The van der Waals surface area contributed by atoms with E-state index in [2.05, 4.69) is 36.4 Å².